The molecule has 0 aliphatic heterocycles. The van der Waals surface area contributed by atoms with Crippen molar-refractivity contribution in [1.82, 2.24) is 15.1 Å². The summed E-state index contributed by atoms with van der Waals surface area (Å²) >= 11 is 0. The number of phenols is 1. The molecular formula is C26H30N4O3. The predicted molar refractivity (Wildman–Crippen MR) is 129 cm³/mol. The average molecular weight is 447 g/mol. The van der Waals surface area contributed by atoms with Crippen LogP contribution in [0.5, 0.6) is 5.75 Å². The van der Waals surface area contributed by atoms with Gasteiger partial charge in [0.2, 0.25) is 0 Å². The molecule has 1 aromatic heterocycles. The van der Waals surface area contributed by atoms with E-state index in [0.29, 0.717) is 35.0 Å². The minimum atomic E-state index is -0.272. The summed E-state index contributed by atoms with van der Waals surface area (Å²) in [7, 11) is 0. The van der Waals surface area contributed by atoms with Crippen molar-refractivity contribution in [3.63, 3.8) is 0 Å². The Bertz CT molecular complexity index is 1190. The molecule has 172 valence electrons. The van der Waals surface area contributed by atoms with E-state index < -0.39 is 0 Å². The van der Waals surface area contributed by atoms with Crippen molar-refractivity contribution in [1.29, 1.82) is 0 Å². The SMILES string of the molecule is CCNC(=O)n1nc(-c2ccc(NC(=O)c3ccc(C(C)(C)C)cc3)cc2O)cc1C1CC1. The quantitative estimate of drug-likeness (QED) is 0.498. The molecule has 2 aromatic carbocycles. The number of amides is 2. The minimum Gasteiger partial charge on any atom is -0.507 e. The van der Waals surface area contributed by atoms with Crippen molar-refractivity contribution < 1.29 is 14.7 Å². The molecule has 7 nitrogen and oxygen atoms in total. The number of rotatable bonds is 5. The molecule has 33 heavy (non-hydrogen) atoms. The van der Waals surface area contributed by atoms with Gasteiger partial charge in [0, 0.05) is 35.3 Å². The Morgan fingerprint density at radius 1 is 1.09 bits per heavy atom. The molecule has 0 radical (unpaired) electrons. The maximum Gasteiger partial charge on any atom is 0.342 e. The zero-order valence-electron chi connectivity index (χ0n) is 19.5. The number of phenolic OH excluding ortho intramolecular Hbond substituents is 1. The summed E-state index contributed by atoms with van der Waals surface area (Å²) in [6.07, 6.45) is 2.05. The predicted octanol–water partition coefficient (Wildman–Crippen LogP) is 5.26. The molecule has 7 heteroatoms. The maximum atomic E-state index is 12.7. The summed E-state index contributed by atoms with van der Waals surface area (Å²) in [6.45, 7) is 8.74. The third-order valence-electron chi connectivity index (χ3n) is 5.80. The first-order chi connectivity index (χ1) is 15.7. The number of carbonyl (C=O) groups excluding carboxylic acids is 2. The number of nitrogens with one attached hydrogen (secondary N) is 2. The van der Waals surface area contributed by atoms with Crippen molar-refractivity contribution in [3.8, 4) is 17.0 Å². The Morgan fingerprint density at radius 2 is 1.79 bits per heavy atom. The second-order valence-electron chi connectivity index (χ2n) is 9.49. The highest BCUT2D eigenvalue weighted by atomic mass is 16.3. The van der Waals surface area contributed by atoms with Gasteiger partial charge in [0.1, 0.15) is 5.75 Å². The third kappa shape index (κ3) is 4.92. The lowest BCUT2D eigenvalue weighted by Crippen LogP contribution is -2.30. The van der Waals surface area contributed by atoms with Gasteiger partial charge in [-0.3, -0.25) is 4.79 Å². The number of nitrogens with zero attached hydrogens (tertiary/aromatic N) is 2. The molecule has 3 N–H and O–H groups in total. The van der Waals surface area contributed by atoms with E-state index in [2.05, 4.69) is 36.5 Å². The Kier molecular flexibility index (Phi) is 5.97. The number of benzene rings is 2. The molecule has 3 aromatic rings. The lowest BCUT2D eigenvalue weighted by Gasteiger charge is -2.19. The van der Waals surface area contributed by atoms with Gasteiger partial charge in [0.25, 0.3) is 5.91 Å². The Morgan fingerprint density at radius 3 is 2.36 bits per heavy atom. The molecule has 1 aliphatic carbocycles. The fraction of sp³-hybridized carbons (Fsp3) is 0.346. The maximum absolute atomic E-state index is 12.7. The second kappa shape index (κ2) is 8.73. The first kappa shape index (κ1) is 22.6. The Hall–Kier alpha value is -3.61. The first-order valence-electron chi connectivity index (χ1n) is 11.3. The standard InChI is InChI=1S/C26H30N4O3/c1-5-27-25(33)30-22(16-6-7-16)15-21(29-30)20-13-12-19(14-23(20)31)28-24(32)17-8-10-18(11-9-17)26(2,3)4/h8-16,31H,5-7H2,1-4H3,(H,27,33)(H,28,32). The highest BCUT2D eigenvalue weighted by molar-refractivity contribution is 6.04. The number of anilines is 1. The van der Waals surface area contributed by atoms with E-state index in [0.717, 1.165) is 24.1 Å². The lowest BCUT2D eigenvalue weighted by atomic mass is 9.87. The monoisotopic (exact) mass is 446 g/mol. The van der Waals surface area contributed by atoms with Crippen LogP contribution in [0.25, 0.3) is 11.3 Å². The molecule has 2 amide bonds. The van der Waals surface area contributed by atoms with Crippen LogP contribution < -0.4 is 10.6 Å². The largest absolute Gasteiger partial charge is 0.507 e. The number of aromatic hydroxyl groups is 1. The third-order valence-corrected chi connectivity index (χ3v) is 5.80. The number of hydrogen-bond donors (Lipinski definition) is 3. The zero-order valence-corrected chi connectivity index (χ0v) is 19.5. The lowest BCUT2D eigenvalue weighted by molar-refractivity contribution is 0.102. The minimum absolute atomic E-state index is 0.0141. The fourth-order valence-electron chi connectivity index (χ4n) is 3.74. The van der Waals surface area contributed by atoms with Gasteiger partial charge in [-0.15, -0.1) is 0 Å². The average Bonchev–Trinajstić information content (AvgIpc) is 3.52. The summed E-state index contributed by atoms with van der Waals surface area (Å²) in [5, 5.41) is 20.7. The van der Waals surface area contributed by atoms with E-state index in [4.69, 9.17) is 0 Å². The molecule has 1 heterocycles. The molecule has 1 saturated carbocycles. The van der Waals surface area contributed by atoms with Gasteiger partial charge in [-0.05, 0) is 61.1 Å². The van der Waals surface area contributed by atoms with Crippen LogP contribution in [0.1, 0.15) is 68.1 Å². The van der Waals surface area contributed by atoms with Crippen LogP contribution in [0, 0.1) is 0 Å². The normalized spacial score (nSPS) is 13.6. The van der Waals surface area contributed by atoms with E-state index >= 15 is 0 Å². The van der Waals surface area contributed by atoms with Crippen LogP contribution >= 0.6 is 0 Å². The molecule has 1 fully saturated rings. The number of aromatic nitrogens is 2. The van der Waals surface area contributed by atoms with E-state index in [1.54, 1.807) is 24.3 Å². The van der Waals surface area contributed by atoms with Crippen molar-refractivity contribution in [2.24, 2.45) is 0 Å². The summed E-state index contributed by atoms with van der Waals surface area (Å²) in [4.78, 5) is 25.0. The molecular weight excluding hydrogens is 416 g/mol. The van der Waals surface area contributed by atoms with Crippen molar-refractivity contribution in [3.05, 3.63) is 65.4 Å². The fourth-order valence-corrected chi connectivity index (χ4v) is 3.74. The van der Waals surface area contributed by atoms with Gasteiger partial charge in [0.15, 0.2) is 0 Å². The number of carbonyl (C=O) groups is 2. The Balaban J connectivity index is 1.53. The molecule has 0 bridgehead atoms. The van der Waals surface area contributed by atoms with E-state index in [-0.39, 0.29) is 23.1 Å². The number of hydrogen-bond acceptors (Lipinski definition) is 4. The van der Waals surface area contributed by atoms with E-state index in [1.807, 2.05) is 25.1 Å². The summed E-state index contributed by atoms with van der Waals surface area (Å²) in [5.41, 5.74) is 4.07. The van der Waals surface area contributed by atoms with Crippen LogP contribution in [-0.4, -0.2) is 33.4 Å². The van der Waals surface area contributed by atoms with Crippen molar-refractivity contribution in [2.45, 2.75) is 51.9 Å². The summed E-state index contributed by atoms with van der Waals surface area (Å²) in [6, 6.07) is 14.0. The van der Waals surface area contributed by atoms with Gasteiger partial charge in [-0.25, -0.2) is 4.79 Å². The molecule has 0 unspecified atom stereocenters. The van der Waals surface area contributed by atoms with Crippen LogP contribution in [0.3, 0.4) is 0 Å². The van der Waals surface area contributed by atoms with Gasteiger partial charge in [-0.2, -0.15) is 9.78 Å². The smallest absolute Gasteiger partial charge is 0.342 e. The zero-order chi connectivity index (χ0) is 23.8. The highest BCUT2D eigenvalue weighted by Crippen LogP contribution is 2.42. The summed E-state index contributed by atoms with van der Waals surface area (Å²) in [5.74, 6) is 0.0529. The van der Waals surface area contributed by atoms with Crippen LogP contribution in [0.4, 0.5) is 10.5 Å². The molecule has 4 rings (SSSR count). The van der Waals surface area contributed by atoms with E-state index in [1.165, 1.54) is 10.7 Å². The van der Waals surface area contributed by atoms with Crippen molar-refractivity contribution in [2.75, 3.05) is 11.9 Å². The second-order valence-corrected chi connectivity index (χ2v) is 9.49. The summed E-state index contributed by atoms with van der Waals surface area (Å²) < 4.78 is 1.40. The molecule has 0 spiro atoms. The molecule has 0 atom stereocenters. The van der Waals surface area contributed by atoms with Gasteiger partial charge in [-0.1, -0.05) is 32.9 Å². The topological polar surface area (TPSA) is 96.3 Å². The Labute approximate surface area is 193 Å². The van der Waals surface area contributed by atoms with Crippen LogP contribution in [0.2, 0.25) is 0 Å². The van der Waals surface area contributed by atoms with Gasteiger partial charge >= 0.3 is 6.03 Å². The van der Waals surface area contributed by atoms with Gasteiger partial charge in [0.05, 0.1) is 11.4 Å². The van der Waals surface area contributed by atoms with Crippen LogP contribution in [-0.2, 0) is 5.41 Å². The molecule has 1 aliphatic rings. The van der Waals surface area contributed by atoms with Crippen LogP contribution in [0.15, 0.2) is 48.5 Å². The first-order valence-corrected chi connectivity index (χ1v) is 11.3. The van der Waals surface area contributed by atoms with E-state index in [9.17, 15) is 14.7 Å². The highest BCUT2D eigenvalue weighted by Gasteiger charge is 2.30. The molecule has 0 saturated heterocycles. The van der Waals surface area contributed by atoms with Gasteiger partial charge < -0.3 is 15.7 Å². The van der Waals surface area contributed by atoms with Crippen molar-refractivity contribution >= 4 is 17.6 Å².